The van der Waals surface area contributed by atoms with E-state index in [4.69, 9.17) is 0 Å². The molecule has 0 bridgehead atoms. The molecule has 0 spiro atoms. The quantitative estimate of drug-likeness (QED) is 0.546. The van der Waals surface area contributed by atoms with Gasteiger partial charge in [0, 0.05) is 23.6 Å². The molecule has 4 rings (SSSR count). The highest BCUT2D eigenvalue weighted by Gasteiger charge is 2.31. The number of rotatable bonds is 7. The van der Waals surface area contributed by atoms with E-state index in [1.165, 1.54) is 12.1 Å². The van der Waals surface area contributed by atoms with Crippen LogP contribution < -0.4 is 14.5 Å². The van der Waals surface area contributed by atoms with E-state index >= 15 is 0 Å². The molecule has 3 aromatic rings. The summed E-state index contributed by atoms with van der Waals surface area (Å²) >= 11 is 0. The molecular weight excluding hydrogens is 453 g/mol. The van der Waals surface area contributed by atoms with Crippen LogP contribution in [0.5, 0.6) is 0 Å². The Morgan fingerprint density at radius 1 is 1.00 bits per heavy atom. The molecule has 174 valence electrons. The van der Waals surface area contributed by atoms with Crippen molar-refractivity contribution in [2.45, 2.75) is 10.9 Å². The summed E-state index contributed by atoms with van der Waals surface area (Å²) in [5.74, 6) is -2.13. The van der Waals surface area contributed by atoms with Gasteiger partial charge in [-0.2, -0.15) is 0 Å². The summed E-state index contributed by atoms with van der Waals surface area (Å²) in [6.45, 7) is 2.79. The van der Waals surface area contributed by atoms with Crippen molar-refractivity contribution in [2.75, 3.05) is 37.6 Å². The van der Waals surface area contributed by atoms with E-state index < -0.39 is 26.6 Å². The van der Waals surface area contributed by atoms with Crippen LogP contribution in [0.3, 0.4) is 0 Å². The third-order valence-corrected chi connectivity index (χ3v) is 7.28. The van der Waals surface area contributed by atoms with E-state index in [-0.39, 0.29) is 18.4 Å². The van der Waals surface area contributed by atoms with E-state index in [1.54, 1.807) is 30.6 Å². The largest absolute Gasteiger partial charge is 0.360 e. The van der Waals surface area contributed by atoms with Gasteiger partial charge in [0.15, 0.2) is 0 Å². The molecule has 6 nitrogen and oxygen atoms in total. The van der Waals surface area contributed by atoms with E-state index in [9.17, 15) is 21.6 Å². The van der Waals surface area contributed by atoms with Gasteiger partial charge in [-0.3, -0.25) is 4.98 Å². The number of halogens is 3. The number of nitrogens with one attached hydrogen (secondary N) is 2. The first-order valence-corrected chi connectivity index (χ1v) is 12.0. The number of pyridine rings is 1. The molecular formula is C23H24F3N4O2S+. The zero-order valence-electron chi connectivity index (χ0n) is 17.7. The summed E-state index contributed by atoms with van der Waals surface area (Å²) in [6.07, 6.45) is 3.32. The minimum Gasteiger partial charge on any atom is -0.360 e. The highest BCUT2D eigenvalue weighted by molar-refractivity contribution is 7.89. The summed E-state index contributed by atoms with van der Waals surface area (Å²) in [4.78, 5) is 6.71. The average Bonchev–Trinajstić information content (AvgIpc) is 2.82. The Morgan fingerprint density at radius 2 is 1.70 bits per heavy atom. The van der Waals surface area contributed by atoms with Crippen LogP contribution in [0, 0.1) is 17.5 Å². The fourth-order valence-corrected chi connectivity index (χ4v) is 5.22. The molecule has 1 fully saturated rings. The van der Waals surface area contributed by atoms with Gasteiger partial charge in [-0.25, -0.2) is 26.3 Å². The standard InChI is InChI=1S/C23H23F3N4O2S/c24-18-3-6-20(7-4-18)29-10-12-30(13-11-29)22(17-2-1-9-27-15-17)16-28-33(31,32)23-14-19(25)5-8-21(23)26/h1-9,14-15,22,28H,10-13,16H2/p+1. The Kier molecular flexibility index (Phi) is 6.96. The van der Waals surface area contributed by atoms with Crippen LogP contribution in [0.25, 0.3) is 0 Å². The molecule has 2 aromatic carbocycles. The molecule has 0 amide bonds. The maximum absolute atomic E-state index is 14.1. The van der Waals surface area contributed by atoms with Crippen LogP contribution in [-0.2, 0) is 10.0 Å². The highest BCUT2D eigenvalue weighted by Crippen LogP contribution is 2.18. The Bertz CT molecular complexity index is 1190. The SMILES string of the molecule is O=S(=O)(NCC(c1cccnc1)[NH+]1CCN(c2ccc(F)cc2)CC1)c1cc(F)ccc1F. The van der Waals surface area contributed by atoms with Crippen molar-refractivity contribution in [1.82, 2.24) is 9.71 Å². The number of piperazine rings is 1. The maximum Gasteiger partial charge on any atom is 0.243 e. The molecule has 1 saturated heterocycles. The molecule has 2 heterocycles. The Hall–Kier alpha value is -2.95. The second-order valence-electron chi connectivity index (χ2n) is 7.89. The lowest BCUT2D eigenvalue weighted by Crippen LogP contribution is -3.15. The van der Waals surface area contributed by atoms with Crippen LogP contribution >= 0.6 is 0 Å². The van der Waals surface area contributed by atoms with Crippen molar-refractivity contribution in [3.63, 3.8) is 0 Å². The highest BCUT2D eigenvalue weighted by atomic mass is 32.2. The van der Waals surface area contributed by atoms with E-state index in [0.29, 0.717) is 32.2 Å². The molecule has 1 unspecified atom stereocenters. The molecule has 0 radical (unpaired) electrons. The molecule has 10 heteroatoms. The fraction of sp³-hybridized carbons (Fsp3) is 0.261. The lowest BCUT2D eigenvalue weighted by atomic mass is 10.1. The predicted octanol–water partition coefficient (Wildman–Crippen LogP) is 1.92. The van der Waals surface area contributed by atoms with Gasteiger partial charge in [-0.1, -0.05) is 0 Å². The van der Waals surface area contributed by atoms with Gasteiger partial charge >= 0.3 is 0 Å². The number of anilines is 1. The zero-order valence-corrected chi connectivity index (χ0v) is 18.5. The normalized spacial score (nSPS) is 16.0. The topological polar surface area (TPSA) is 66.7 Å². The van der Waals surface area contributed by atoms with E-state index in [1.807, 2.05) is 6.07 Å². The summed E-state index contributed by atoms with van der Waals surface area (Å²) < 4.78 is 68.7. The molecule has 1 atom stereocenters. The molecule has 1 aliphatic heterocycles. The first-order chi connectivity index (χ1) is 15.8. The molecule has 0 aliphatic carbocycles. The first-order valence-electron chi connectivity index (χ1n) is 10.5. The third kappa shape index (κ3) is 5.52. The lowest BCUT2D eigenvalue weighted by Gasteiger charge is -2.37. The van der Waals surface area contributed by atoms with Crippen molar-refractivity contribution in [3.8, 4) is 0 Å². The van der Waals surface area contributed by atoms with Crippen LogP contribution in [0.1, 0.15) is 11.6 Å². The number of benzene rings is 2. The van der Waals surface area contributed by atoms with Crippen molar-refractivity contribution in [1.29, 1.82) is 0 Å². The summed E-state index contributed by atoms with van der Waals surface area (Å²) in [7, 11) is -4.26. The summed E-state index contributed by atoms with van der Waals surface area (Å²) in [5.41, 5.74) is 1.76. The fourth-order valence-electron chi connectivity index (χ4n) is 4.09. The van der Waals surface area contributed by atoms with Crippen molar-refractivity contribution in [2.24, 2.45) is 0 Å². The summed E-state index contributed by atoms with van der Waals surface area (Å²) in [6, 6.07) is 12.0. The molecule has 33 heavy (non-hydrogen) atoms. The minimum absolute atomic E-state index is 0.00411. The predicted molar refractivity (Wildman–Crippen MR) is 118 cm³/mol. The smallest absolute Gasteiger partial charge is 0.243 e. The van der Waals surface area contributed by atoms with Gasteiger partial charge < -0.3 is 9.80 Å². The Labute approximate surface area is 190 Å². The number of hydrogen-bond acceptors (Lipinski definition) is 4. The van der Waals surface area contributed by atoms with Gasteiger partial charge in [0.2, 0.25) is 10.0 Å². The van der Waals surface area contributed by atoms with Crippen LogP contribution in [0.15, 0.2) is 71.9 Å². The van der Waals surface area contributed by atoms with Gasteiger partial charge in [-0.15, -0.1) is 0 Å². The average molecular weight is 478 g/mol. The van der Waals surface area contributed by atoms with E-state index in [2.05, 4.69) is 14.6 Å². The molecule has 1 aliphatic rings. The van der Waals surface area contributed by atoms with Crippen molar-refractivity contribution in [3.05, 3.63) is 90.0 Å². The van der Waals surface area contributed by atoms with Crippen molar-refractivity contribution < 1.29 is 26.5 Å². The minimum atomic E-state index is -4.26. The van der Waals surface area contributed by atoms with Gasteiger partial charge in [-0.05, 0) is 54.6 Å². The maximum atomic E-state index is 14.1. The lowest BCUT2D eigenvalue weighted by molar-refractivity contribution is -0.930. The second-order valence-corrected chi connectivity index (χ2v) is 9.62. The first kappa shape index (κ1) is 23.2. The van der Waals surface area contributed by atoms with Crippen LogP contribution in [-0.4, -0.2) is 46.1 Å². The zero-order chi connectivity index (χ0) is 23.4. The second kappa shape index (κ2) is 9.90. The van der Waals surface area contributed by atoms with Crippen LogP contribution in [0.2, 0.25) is 0 Å². The number of sulfonamides is 1. The number of nitrogens with zero attached hydrogens (tertiary/aromatic N) is 2. The number of quaternary nitrogens is 1. The Balaban J connectivity index is 1.50. The molecule has 0 saturated carbocycles. The molecule has 1 aromatic heterocycles. The van der Waals surface area contributed by atoms with Gasteiger partial charge in [0.1, 0.15) is 28.4 Å². The summed E-state index contributed by atoms with van der Waals surface area (Å²) in [5, 5.41) is 0. The van der Waals surface area contributed by atoms with E-state index in [0.717, 1.165) is 28.3 Å². The Morgan fingerprint density at radius 3 is 2.36 bits per heavy atom. The monoisotopic (exact) mass is 477 g/mol. The van der Waals surface area contributed by atoms with Gasteiger partial charge in [0.05, 0.1) is 32.7 Å². The third-order valence-electron chi connectivity index (χ3n) is 5.84. The van der Waals surface area contributed by atoms with Crippen molar-refractivity contribution >= 4 is 15.7 Å². The number of hydrogen-bond donors (Lipinski definition) is 2. The number of aromatic nitrogens is 1. The van der Waals surface area contributed by atoms with Gasteiger partial charge in [0.25, 0.3) is 0 Å². The van der Waals surface area contributed by atoms with Crippen LogP contribution in [0.4, 0.5) is 18.9 Å². The molecule has 2 N–H and O–H groups in total.